The van der Waals surface area contributed by atoms with Crippen molar-refractivity contribution in [3.63, 3.8) is 0 Å². The van der Waals surface area contributed by atoms with Gasteiger partial charge in [-0.2, -0.15) is 0 Å². The van der Waals surface area contributed by atoms with E-state index in [1.54, 1.807) is 30.5 Å². The van der Waals surface area contributed by atoms with Crippen LogP contribution in [0.5, 0.6) is 0 Å². The molecule has 0 spiro atoms. The second kappa shape index (κ2) is 8.85. The summed E-state index contributed by atoms with van der Waals surface area (Å²) in [7, 11) is 0. The van der Waals surface area contributed by atoms with E-state index in [9.17, 15) is 9.59 Å². The summed E-state index contributed by atoms with van der Waals surface area (Å²) in [5, 5.41) is 5.77. The van der Waals surface area contributed by atoms with E-state index in [2.05, 4.69) is 20.5 Å². The average Bonchev–Trinajstić information content (AvgIpc) is 3.21. The summed E-state index contributed by atoms with van der Waals surface area (Å²) >= 11 is 0. The first-order chi connectivity index (χ1) is 14.2. The summed E-state index contributed by atoms with van der Waals surface area (Å²) in [4.78, 5) is 30.8. The molecule has 1 aromatic carbocycles. The number of pyridine rings is 1. The van der Waals surface area contributed by atoms with Gasteiger partial charge < -0.3 is 19.8 Å². The minimum atomic E-state index is -0.165. The minimum Gasteiger partial charge on any atom is -0.379 e. The lowest BCUT2D eigenvalue weighted by Gasteiger charge is -2.25. The lowest BCUT2D eigenvalue weighted by Crippen LogP contribution is -2.41. The second-order valence-corrected chi connectivity index (χ2v) is 6.93. The topological polar surface area (TPSA) is 88.0 Å². The monoisotopic (exact) mass is 393 g/mol. The average molecular weight is 393 g/mol. The Labute approximate surface area is 168 Å². The molecule has 8 nitrogen and oxygen atoms in total. The number of anilines is 1. The molecule has 0 bridgehead atoms. The highest BCUT2D eigenvalue weighted by molar-refractivity contribution is 5.96. The van der Waals surface area contributed by atoms with E-state index in [0.717, 1.165) is 24.3 Å². The van der Waals surface area contributed by atoms with Crippen molar-refractivity contribution in [2.45, 2.75) is 6.54 Å². The van der Waals surface area contributed by atoms with Crippen molar-refractivity contribution in [3.05, 3.63) is 66.1 Å². The molecule has 0 radical (unpaired) electrons. The highest BCUT2D eigenvalue weighted by Gasteiger charge is 2.14. The Morgan fingerprint density at radius 2 is 1.86 bits per heavy atom. The highest BCUT2D eigenvalue weighted by Crippen LogP contribution is 2.11. The van der Waals surface area contributed by atoms with Gasteiger partial charge >= 0.3 is 0 Å². The first-order valence-electron chi connectivity index (χ1n) is 9.57. The van der Waals surface area contributed by atoms with Crippen molar-refractivity contribution in [2.24, 2.45) is 0 Å². The molecule has 2 amide bonds. The van der Waals surface area contributed by atoms with E-state index in [1.807, 2.05) is 28.9 Å². The van der Waals surface area contributed by atoms with Gasteiger partial charge in [-0.15, -0.1) is 0 Å². The number of benzene rings is 1. The molecule has 0 saturated carbocycles. The summed E-state index contributed by atoms with van der Waals surface area (Å²) in [6.07, 6.45) is 5.54. The number of morpholine rings is 1. The van der Waals surface area contributed by atoms with Gasteiger partial charge in [0, 0.05) is 49.5 Å². The molecule has 0 atom stereocenters. The number of carbonyl (C=O) groups excluding carboxylic acids is 2. The smallest absolute Gasteiger partial charge is 0.251 e. The Morgan fingerprint density at radius 1 is 1.07 bits per heavy atom. The van der Waals surface area contributed by atoms with Gasteiger partial charge in [-0.1, -0.05) is 6.07 Å². The minimum absolute atomic E-state index is 0.0704. The van der Waals surface area contributed by atoms with Crippen molar-refractivity contribution in [2.75, 3.05) is 38.2 Å². The summed E-state index contributed by atoms with van der Waals surface area (Å²) in [6.45, 7) is 3.61. The highest BCUT2D eigenvalue weighted by atomic mass is 16.5. The number of nitrogens with zero attached hydrogens (tertiary/aromatic N) is 3. The fraction of sp³-hybridized carbons (Fsp3) is 0.286. The van der Waals surface area contributed by atoms with Gasteiger partial charge in [-0.3, -0.25) is 14.5 Å². The van der Waals surface area contributed by atoms with Gasteiger partial charge in [0.1, 0.15) is 5.65 Å². The normalized spacial score (nSPS) is 14.6. The molecule has 1 aliphatic rings. The quantitative estimate of drug-likeness (QED) is 0.663. The van der Waals surface area contributed by atoms with Gasteiger partial charge in [0.25, 0.3) is 5.91 Å². The summed E-state index contributed by atoms with van der Waals surface area (Å²) in [5.74, 6) is -0.235. The SMILES string of the molecule is O=C(CN1CCOCC1)Nc1ccc(C(=O)NCc2ccc3nccn3c2)cc1. The van der Waals surface area contributed by atoms with Gasteiger partial charge in [0.2, 0.25) is 5.91 Å². The van der Waals surface area contributed by atoms with E-state index in [0.29, 0.717) is 37.6 Å². The number of hydrogen-bond donors (Lipinski definition) is 2. The van der Waals surface area contributed by atoms with Crippen molar-refractivity contribution in [1.29, 1.82) is 0 Å². The molecule has 3 heterocycles. The molecule has 0 unspecified atom stereocenters. The van der Waals surface area contributed by atoms with Crippen LogP contribution in [0.1, 0.15) is 15.9 Å². The first-order valence-corrected chi connectivity index (χ1v) is 9.57. The molecule has 2 aromatic heterocycles. The zero-order chi connectivity index (χ0) is 20.1. The predicted molar refractivity (Wildman–Crippen MR) is 109 cm³/mol. The Morgan fingerprint density at radius 3 is 2.66 bits per heavy atom. The molecular formula is C21H23N5O3. The maximum Gasteiger partial charge on any atom is 0.251 e. The van der Waals surface area contributed by atoms with E-state index < -0.39 is 0 Å². The van der Waals surface area contributed by atoms with Gasteiger partial charge in [0.15, 0.2) is 0 Å². The largest absolute Gasteiger partial charge is 0.379 e. The number of amides is 2. The Kier molecular flexibility index (Phi) is 5.83. The van der Waals surface area contributed by atoms with Gasteiger partial charge in [-0.05, 0) is 35.9 Å². The zero-order valence-corrected chi connectivity index (χ0v) is 16.0. The lowest BCUT2D eigenvalue weighted by atomic mass is 10.2. The number of hydrogen-bond acceptors (Lipinski definition) is 5. The second-order valence-electron chi connectivity index (χ2n) is 6.93. The fourth-order valence-electron chi connectivity index (χ4n) is 3.22. The molecule has 2 N–H and O–H groups in total. The number of ether oxygens (including phenoxy) is 1. The zero-order valence-electron chi connectivity index (χ0n) is 16.0. The van der Waals surface area contributed by atoms with Crippen LogP contribution in [0, 0.1) is 0 Å². The van der Waals surface area contributed by atoms with E-state index in [1.165, 1.54) is 0 Å². The fourth-order valence-corrected chi connectivity index (χ4v) is 3.22. The van der Waals surface area contributed by atoms with Crippen molar-refractivity contribution in [1.82, 2.24) is 19.6 Å². The van der Waals surface area contributed by atoms with Crippen LogP contribution in [0.3, 0.4) is 0 Å². The molecule has 3 aromatic rings. The van der Waals surface area contributed by atoms with Crippen LogP contribution in [0.25, 0.3) is 5.65 Å². The van der Waals surface area contributed by atoms with Crippen LogP contribution in [0.4, 0.5) is 5.69 Å². The summed E-state index contributed by atoms with van der Waals surface area (Å²) < 4.78 is 7.20. The molecule has 1 aliphatic heterocycles. The predicted octanol–water partition coefficient (Wildman–Crippen LogP) is 1.53. The molecule has 0 aliphatic carbocycles. The standard InChI is InChI=1S/C21H23N5O3/c27-20(15-25-9-11-29-12-10-25)24-18-4-2-17(3-5-18)21(28)23-13-16-1-6-19-22-7-8-26(19)14-16/h1-8,14H,9-13,15H2,(H,23,28)(H,24,27). The number of nitrogens with one attached hydrogen (secondary N) is 2. The maximum atomic E-state index is 12.4. The molecule has 1 fully saturated rings. The van der Waals surface area contributed by atoms with Crippen LogP contribution in [-0.4, -0.2) is 58.9 Å². The summed E-state index contributed by atoms with van der Waals surface area (Å²) in [6, 6.07) is 10.7. The summed E-state index contributed by atoms with van der Waals surface area (Å²) in [5.41, 5.74) is 3.06. The van der Waals surface area contributed by atoms with Crippen LogP contribution in [0.15, 0.2) is 55.0 Å². The van der Waals surface area contributed by atoms with Gasteiger partial charge in [0.05, 0.1) is 19.8 Å². The Balaban J connectivity index is 1.28. The maximum absolute atomic E-state index is 12.4. The van der Waals surface area contributed by atoms with Crippen LogP contribution < -0.4 is 10.6 Å². The molecule has 4 rings (SSSR count). The van der Waals surface area contributed by atoms with Crippen molar-refractivity contribution < 1.29 is 14.3 Å². The molecule has 8 heteroatoms. The van der Waals surface area contributed by atoms with E-state index >= 15 is 0 Å². The molecular weight excluding hydrogens is 370 g/mol. The molecule has 150 valence electrons. The lowest BCUT2D eigenvalue weighted by molar-refractivity contribution is -0.118. The van der Waals surface area contributed by atoms with Gasteiger partial charge in [-0.25, -0.2) is 4.98 Å². The molecule has 1 saturated heterocycles. The number of fused-ring (bicyclic) bond motifs is 1. The van der Waals surface area contributed by atoms with E-state index in [4.69, 9.17) is 4.74 Å². The Bertz CT molecular complexity index is 993. The Hall–Kier alpha value is -3.23. The third-order valence-corrected chi connectivity index (χ3v) is 4.80. The number of imidazole rings is 1. The third kappa shape index (κ3) is 4.98. The number of aromatic nitrogens is 2. The van der Waals surface area contributed by atoms with Crippen molar-refractivity contribution >= 4 is 23.1 Å². The third-order valence-electron chi connectivity index (χ3n) is 4.80. The van der Waals surface area contributed by atoms with Crippen LogP contribution in [-0.2, 0) is 16.1 Å². The van der Waals surface area contributed by atoms with Crippen molar-refractivity contribution in [3.8, 4) is 0 Å². The van der Waals surface area contributed by atoms with E-state index in [-0.39, 0.29) is 11.8 Å². The van der Waals surface area contributed by atoms with Crippen LogP contribution in [0.2, 0.25) is 0 Å². The number of carbonyl (C=O) groups is 2. The molecule has 29 heavy (non-hydrogen) atoms. The number of rotatable bonds is 6. The first kappa shape index (κ1) is 19.1. The van der Waals surface area contributed by atoms with Crippen LogP contribution >= 0.6 is 0 Å².